The molecular weight excluding hydrogens is 324 g/mol. The predicted octanol–water partition coefficient (Wildman–Crippen LogP) is 3.66. The van der Waals surface area contributed by atoms with Gasteiger partial charge in [0.15, 0.2) is 0 Å². The molecule has 25 heavy (non-hydrogen) atoms. The lowest BCUT2D eigenvalue weighted by molar-refractivity contribution is -0.134. The Morgan fingerprint density at radius 1 is 0.720 bits per heavy atom. The highest BCUT2D eigenvalue weighted by Gasteiger charge is 1.88. The number of carboxylic acid groups (broad SMARTS) is 3. The fourth-order valence-electron chi connectivity index (χ4n) is 0.732. The van der Waals surface area contributed by atoms with Crippen LogP contribution in [0.1, 0.15) is 5.56 Å². The second-order valence-corrected chi connectivity index (χ2v) is 3.64. The molecule has 0 fully saturated rings. The lowest BCUT2D eigenvalue weighted by Gasteiger charge is -1.85. The van der Waals surface area contributed by atoms with Crippen molar-refractivity contribution in [3.63, 3.8) is 0 Å². The summed E-state index contributed by atoms with van der Waals surface area (Å²) in [6.45, 7) is 13.3. The molecule has 6 heteroatoms. The zero-order valence-electron chi connectivity index (χ0n) is 13.7. The third-order valence-electron chi connectivity index (χ3n) is 1.75. The van der Waals surface area contributed by atoms with E-state index in [1.165, 1.54) is 5.56 Å². The van der Waals surface area contributed by atoms with Gasteiger partial charge in [-0.05, 0) is 5.56 Å². The van der Waals surface area contributed by atoms with Crippen LogP contribution in [-0.4, -0.2) is 33.2 Å². The molecule has 134 valence electrons. The molecule has 0 bridgehead atoms. The summed E-state index contributed by atoms with van der Waals surface area (Å²) in [6.07, 6.45) is 7.06. The van der Waals surface area contributed by atoms with Crippen molar-refractivity contribution in [2.24, 2.45) is 0 Å². The fourth-order valence-corrected chi connectivity index (χ4v) is 0.732. The maximum Gasteiger partial charge on any atom is 0.328 e. The van der Waals surface area contributed by atoms with Crippen molar-refractivity contribution >= 4 is 24.0 Å². The molecule has 0 atom stereocenters. The van der Waals surface area contributed by atoms with E-state index in [1.807, 2.05) is 36.4 Å². The van der Waals surface area contributed by atoms with Gasteiger partial charge in [0.1, 0.15) is 0 Å². The lowest BCUT2D eigenvalue weighted by atomic mass is 10.2. The lowest BCUT2D eigenvalue weighted by Crippen LogP contribution is -1.91. The van der Waals surface area contributed by atoms with E-state index in [4.69, 9.17) is 15.3 Å². The number of rotatable bonds is 5. The Kier molecular flexibility index (Phi) is 21.3. The average Bonchev–Trinajstić information content (AvgIpc) is 2.61. The molecule has 0 aliphatic carbocycles. The van der Waals surface area contributed by atoms with Gasteiger partial charge >= 0.3 is 17.9 Å². The number of benzene rings is 1. The number of carboxylic acids is 3. The van der Waals surface area contributed by atoms with Crippen LogP contribution in [0.5, 0.6) is 0 Å². The fraction of sp³-hybridized carbons (Fsp3) is 0. The number of hydrogen-bond acceptors (Lipinski definition) is 3. The predicted molar refractivity (Wildman–Crippen MR) is 99.2 cm³/mol. The van der Waals surface area contributed by atoms with E-state index in [0.717, 1.165) is 6.08 Å². The van der Waals surface area contributed by atoms with E-state index >= 15 is 0 Å². The molecule has 0 aromatic heterocycles. The molecule has 0 unspecified atom stereocenters. The van der Waals surface area contributed by atoms with E-state index in [2.05, 4.69) is 26.3 Å². The molecule has 0 radical (unpaired) electrons. The first-order valence-corrected chi connectivity index (χ1v) is 6.65. The number of carbonyl (C=O) groups is 3. The quantitative estimate of drug-likeness (QED) is 0.554. The minimum atomic E-state index is -1.26. The van der Waals surface area contributed by atoms with Crippen LogP contribution >= 0.6 is 0 Å². The van der Waals surface area contributed by atoms with Gasteiger partial charge in [0.25, 0.3) is 0 Å². The highest BCUT2D eigenvalue weighted by molar-refractivity contribution is 5.89. The Morgan fingerprint density at radius 2 is 1.08 bits per heavy atom. The Morgan fingerprint density at radius 3 is 1.24 bits per heavy atom. The Balaban J connectivity index is -0.000000270. The standard InChI is InChI=1S/C8H8.C4H4O4.C4H6.C3H4O2/c1-2-8-6-4-3-5-7-8;5-3(6)1-2-4(7)8;1-3-4-2;1-2-3(4)5/h2-7H,1H2;1-2H,(H,5,6)(H,7,8);3-4H,1-2H2;2H,1H2,(H,4,5)/b;2-1+;;. The molecule has 0 heterocycles. The van der Waals surface area contributed by atoms with E-state index in [1.54, 1.807) is 12.2 Å². The van der Waals surface area contributed by atoms with Gasteiger partial charge in [-0.1, -0.05) is 74.9 Å². The zero-order valence-corrected chi connectivity index (χ0v) is 13.7. The van der Waals surface area contributed by atoms with Crippen LogP contribution in [0, 0.1) is 0 Å². The summed E-state index contributed by atoms with van der Waals surface area (Å²) in [5.41, 5.74) is 1.17. The number of allylic oxidation sites excluding steroid dienone is 2. The van der Waals surface area contributed by atoms with Crippen molar-refractivity contribution in [2.75, 3.05) is 0 Å². The summed E-state index contributed by atoms with van der Waals surface area (Å²) in [5, 5.41) is 23.2. The second-order valence-electron chi connectivity index (χ2n) is 3.64. The minimum absolute atomic E-state index is 0.558. The largest absolute Gasteiger partial charge is 0.478 e. The molecule has 1 aromatic rings. The van der Waals surface area contributed by atoms with Crippen LogP contribution in [0.2, 0.25) is 0 Å². The van der Waals surface area contributed by atoms with E-state index in [9.17, 15) is 14.4 Å². The van der Waals surface area contributed by atoms with Crippen LogP contribution in [0.25, 0.3) is 6.08 Å². The zero-order chi connectivity index (χ0) is 20.1. The second kappa shape index (κ2) is 20.3. The Hall–Kier alpha value is -3.67. The van der Waals surface area contributed by atoms with E-state index in [-0.39, 0.29) is 0 Å². The van der Waals surface area contributed by atoms with Crippen LogP contribution in [0.15, 0.2) is 87.0 Å². The third kappa shape index (κ3) is 33.3. The van der Waals surface area contributed by atoms with E-state index in [0.29, 0.717) is 12.2 Å². The number of hydrogen-bond donors (Lipinski definition) is 3. The van der Waals surface area contributed by atoms with Gasteiger partial charge in [-0.15, -0.1) is 0 Å². The normalized spacial score (nSPS) is 7.84. The Labute approximate surface area is 147 Å². The third-order valence-corrected chi connectivity index (χ3v) is 1.75. The van der Waals surface area contributed by atoms with Gasteiger partial charge in [0, 0.05) is 18.2 Å². The monoisotopic (exact) mass is 346 g/mol. The maximum absolute atomic E-state index is 9.55. The molecule has 0 amide bonds. The molecule has 0 aliphatic rings. The number of aliphatic carboxylic acids is 3. The molecule has 0 saturated heterocycles. The molecule has 6 nitrogen and oxygen atoms in total. The maximum atomic E-state index is 9.55. The van der Waals surface area contributed by atoms with Crippen LogP contribution in [0.4, 0.5) is 0 Å². The van der Waals surface area contributed by atoms with Crippen molar-refractivity contribution in [2.45, 2.75) is 0 Å². The van der Waals surface area contributed by atoms with Crippen LogP contribution < -0.4 is 0 Å². The summed E-state index contributed by atoms with van der Waals surface area (Å²) in [4.78, 5) is 28.4. The first kappa shape index (κ1) is 26.2. The van der Waals surface area contributed by atoms with Gasteiger partial charge in [0.05, 0.1) is 0 Å². The molecule has 0 spiro atoms. The summed E-state index contributed by atoms with van der Waals surface area (Å²) in [7, 11) is 0. The van der Waals surface area contributed by atoms with Gasteiger partial charge in [-0.2, -0.15) is 0 Å². The van der Waals surface area contributed by atoms with Crippen molar-refractivity contribution in [1.82, 2.24) is 0 Å². The molecule has 1 rings (SSSR count). The van der Waals surface area contributed by atoms with Gasteiger partial charge in [0.2, 0.25) is 0 Å². The first-order chi connectivity index (χ1) is 11.7. The average molecular weight is 346 g/mol. The van der Waals surface area contributed by atoms with Crippen molar-refractivity contribution < 1.29 is 29.7 Å². The highest BCUT2D eigenvalue weighted by atomic mass is 16.4. The first-order valence-electron chi connectivity index (χ1n) is 6.65. The van der Waals surface area contributed by atoms with Crippen molar-refractivity contribution in [1.29, 1.82) is 0 Å². The topological polar surface area (TPSA) is 112 Å². The SMILES string of the molecule is C=CC(=O)O.C=CC=C.C=Cc1ccccc1.O=C(O)/C=C/C(=O)O. The summed E-state index contributed by atoms with van der Waals surface area (Å²) in [6, 6.07) is 10.0. The smallest absolute Gasteiger partial charge is 0.328 e. The van der Waals surface area contributed by atoms with Crippen molar-refractivity contribution in [3.05, 3.63) is 92.6 Å². The molecule has 0 saturated carbocycles. The molecular formula is C19H22O6. The molecule has 1 aromatic carbocycles. The summed E-state index contributed by atoms with van der Waals surface area (Å²) < 4.78 is 0. The summed E-state index contributed by atoms with van der Waals surface area (Å²) >= 11 is 0. The minimum Gasteiger partial charge on any atom is -0.478 e. The Bertz CT molecular complexity index is 563. The van der Waals surface area contributed by atoms with Gasteiger partial charge in [-0.3, -0.25) is 0 Å². The molecule has 0 aliphatic heterocycles. The van der Waals surface area contributed by atoms with Crippen molar-refractivity contribution in [3.8, 4) is 0 Å². The van der Waals surface area contributed by atoms with Gasteiger partial charge in [-0.25, -0.2) is 14.4 Å². The van der Waals surface area contributed by atoms with Gasteiger partial charge < -0.3 is 15.3 Å². The highest BCUT2D eigenvalue weighted by Crippen LogP contribution is 1.97. The molecule has 3 N–H and O–H groups in total. The summed E-state index contributed by atoms with van der Waals surface area (Å²) in [5.74, 6) is -3.50. The van der Waals surface area contributed by atoms with Crippen LogP contribution in [0.3, 0.4) is 0 Å². The van der Waals surface area contributed by atoms with E-state index < -0.39 is 17.9 Å². The van der Waals surface area contributed by atoms with Crippen LogP contribution in [-0.2, 0) is 14.4 Å².